The molecule has 2 amide bonds. The minimum atomic E-state index is -0.854. The number of fused-ring (bicyclic) bond motifs is 2. The molecule has 2 aliphatic heterocycles. The smallest absolute Gasteiger partial charge is 0.325 e. The first kappa shape index (κ1) is 12.7. The van der Waals surface area contributed by atoms with Gasteiger partial charge < -0.3 is 20.1 Å². The average molecular weight is 256 g/mol. The molecule has 3 unspecified atom stereocenters. The van der Waals surface area contributed by atoms with Crippen molar-refractivity contribution in [2.24, 2.45) is 5.92 Å². The van der Waals surface area contributed by atoms with E-state index in [1.807, 2.05) is 0 Å². The molecule has 2 bridgehead atoms. The van der Waals surface area contributed by atoms with E-state index in [4.69, 9.17) is 5.11 Å². The number of urea groups is 1. The van der Waals surface area contributed by atoms with E-state index in [1.165, 1.54) is 7.11 Å². The molecule has 0 aromatic carbocycles. The number of ether oxygens (including phenoxy) is 1. The zero-order chi connectivity index (χ0) is 13.3. The van der Waals surface area contributed by atoms with E-state index >= 15 is 0 Å². The van der Waals surface area contributed by atoms with Crippen molar-refractivity contribution in [1.29, 1.82) is 0 Å². The molecule has 0 aromatic heterocycles. The van der Waals surface area contributed by atoms with Gasteiger partial charge in [0.05, 0.1) is 13.0 Å². The number of carboxylic acids is 1. The molecule has 2 heterocycles. The number of nitrogens with zero attached hydrogens (tertiary/aromatic N) is 1. The highest BCUT2D eigenvalue weighted by Crippen LogP contribution is 2.41. The summed E-state index contributed by atoms with van der Waals surface area (Å²) in [6.07, 6.45) is 2.05. The summed E-state index contributed by atoms with van der Waals surface area (Å²) < 4.78 is 4.43. The molecule has 0 aromatic rings. The fraction of sp³-hybridized carbons (Fsp3) is 0.727. The van der Waals surface area contributed by atoms with Gasteiger partial charge in [-0.25, -0.2) is 4.79 Å². The third kappa shape index (κ3) is 2.12. The van der Waals surface area contributed by atoms with Crippen molar-refractivity contribution in [3.05, 3.63) is 0 Å². The van der Waals surface area contributed by atoms with E-state index in [1.54, 1.807) is 4.90 Å². The number of esters is 1. The van der Waals surface area contributed by atoms with Crippen molar-refractivity contribution in [2.45, 2.75) is 31.3 Å². The van der Waals surface area contributed by atoms with E-state index in [2.05, 4.69) is 10.1 Å². The highest BCUT2D eigenvalue weighted by atomic mass is 16.5. The van der Waals surface area contributed by atoms with Crippen molar-refractivity contribution in [3.63, 3.8) is 0 Å². The molecule has 0 aliphatic carbocycles. The minimum Gasteiger partial charge on any atom is -0.481 e. The predicted octanol–water partition coefficient (Wildman–Crippen LogP) is -0.194. The van der Waals surface area contributed by atoms with E-state index in [0.29, 0.717) is 12.8 Å². The number of aliphatic carboxylic acids is 1. The lowest BCUT2D eigenvalue weighted by atomic mass is 9.89. The number of hydrogen-bond donors (Lipinski definition) is 2. The van der Waals surface area contributed by atoms with Crippen LogP contribution in [0, 0.1) is 5.92 Å². The molecule has 2 fully saturated rings. The third-order valence-corrected chi connectivity index (χ3v) is 3.70. The summed E-state index contributed by atoms with van der Waals surface area (Å²) in [4.78, 5) is 35.5. The van der Waals surface area contributed by atoms with Gasteiger partial charge in [0.2, 0.25) is 0 Å². The van der Waals surface area contributed by atoms with Gasteiger partial charge in [-0.2, -0.15) is 0 Å². The van der Waals surface area contributed by atoms with Crippen LogP contribution in [-0.2, 0) is 14.3 Å². The van der Waals surface area contributed by atoms with Crippen molar-refractivity contribution in [3.8, 4) is 0 Å². The maximum absolute atomic E-state index is 11.9. The van der Waals surface area contributed by atoms with E-state index in [0.717, 1.165) is 6.42 Å². The van der Waals surface area contributed by atoms with E-state index in [9.17, 15) is 14.4 Å². The van der Waals surface area contributed by atoms with Gasteiger partial charge in [-0.1, -0.05) is 0 Å². The highest BCUT2D eigenvalue weighted by Gasteiger charge is 2.51. The zero-order valence-corrected chi connectivity index (χ0v) is 10.1. The molecule has 3 atom stereocenters. The largest absolute Gasteiger partial charge is 0.481 e. The summed E-state index contributed by atoms with van der Waals surface area (Å²) in [5, 5.41) is 11.5. The monoisotopic (exact) mass is 256 g/mol. The van der Waals surface area contributed by atoms with Gasteiger partial charge in [-0.15, -0.1) is 0 Å². The van der Waals surface area contributed by atoms with Gasteiger partial charge in [-0.05, 0) is 19.3 Å². The summed E-state index contributed by atoms with van der Waals surface area (Å²) >= 11 is 0. The number of methoxy groups -OCH3 is 1. The molecular weight excluding hydrogens is 240 g/mol. The Labute approximate surface area is 104 Å². The third-order valence-electron chi connectivity index (χ3n) is 3.70. The van der Waals surface area contributed by atoms with Crippen LogP contribution in [0.15, 0.2) is 0 Å². The Hall–Kier alpha value is -1.79. The lowest BCUT2D eigenvalue weighted by Crippen LogP contribution is -2.45. The molecule has 7 nitrogen and oxygen atoms in total. The van der Waals surface area contributed by atoms with Crippen LogP contribution in [0.2, 0.25) is 0 Å². The van der Waals surface area contributed by atoms with E-state index in [-0.39, 0.29) is 24.7 Å². The SMILES string of the molecule is COC(=O)CNC(=O)N1C2CCC1C(C(=O)O)C2. The first-order chi connectivity index (χ1) is 8.54. The number of amides is 2. The lowest BCUT2D eigenvalue weighted by Gasteiger charge is -2.23. The molecule has 2 saturated heterocycles. The summed E-state index contributed by atoms with van der Waals surface area (Å²) in [7, 11) is 1.24. The van der Waals surface area contributed by atoms with Gasteiger partial charge in [0.25, 0.3) is 0 Å². The fourth-order valence-electron chi connectivity index (χ4n) is 2.88. The van der Waals surface area contributed by atoms with Crippen LogP contribution in [0.25, 0.3) is 0 Å². The van der Waals surface area contributed by atoms with Crippen LogP contribution in [0.4, 0.5) is 4.79 Å². The highest BCUT2D eigenvalue weighted by molar-refractivity contribution is 5.83. The Bertz CT molecular complexity index is 384. The summed E-state index contributed by atoms with van der Waals surface area (Å²) in [5.41, 5.74) is 0. The predicted molar refractivity (Wildman–Crippen MR) is 59.8 cm³/mol. The quantitative estimate of drug-likeness (QED) is 0.682. The van der Waals surface area contributed by atoms with Crippen LogP contribution in [-0.4, -0.2) is 53.7 Å². The maximum atomic E-state index is 11.9. The number of nitrogens with one attached hydrogen (secondary N) is 1. The van der Waals surface area contributed by atoms with Crippen LogP contribution in [0.5, 0.6) is 0 Å². The normalized spacial score (nSPS) is 29.2. The van der Waals surface area contributed by atoms with Crippen LogP contribution in [0.3, 0.4) is 0 Å². The molecule has 2 rings (SSSR count). The average Bonchev–Trinajstić information content (AvgIpc) is 2.92. The molecular formula is C11H16N2O5. The molecule has 0 spiro atoms. The van der Waals surface area contributed by atoms with Gasteiger partial charge in [-0.3, -0.25) is 9.59 Å². The Morgan fingerprint density at radius 3 is 2.67 bits per heavy atom. The first-order valence-electron chi connectivity index (χ1n) is 5.90. The van der Waals surface area contributed by atoms with Crippen LogP contribution >= 0.6 is 0 Å². The number of rotatable bonds is 3. The summed E-state index contributed by atoms with van der Waals surface area (Å²) in [5.74, 6) is -1.86. The minimum absolute atomic E-state index is 0.0197. The zero-order valence-electron chi connectivity index (χ0n) is 10.1. The van der Waals surface area contributed by atoms with Gasteiger partial charge in [0.15, 0.2) is 0 Å². The number of carbonyl (C=O) groups excluding carboxylic acids is 2. The van der Waals surface area contributed by atoms with Crippen LogP contribution in [0.1, 0.15) is 19.3 Å². The summed E-state index contributed by atoms with van der Waals surface area (Å²) in [6.45, 7) is -0.191. The molecule has 2 N–H and O–H groups in total. The number of hydrogen-bond acceptors (Lipinski definition) is 4. The molecule has 2 aliphatic rings. The number of carbonyl (C=O) groups is 3. The molecule has 100 valence electrons. The number of carboxylic acid groups (broad SMARTS) is 1. The van der Waals surface area contributed by atoms with Crippen molar-refractivity contribution in [2.75, 3.05) is 13.7 Å². The molecule has 7 heteroatoms. The van der Waals surface area contributed by atoms with Gasteiger partial charge in [0.1, 0.15) is 6.54 Å². The standard InChI is InChI=1S/C11H16N2O5/c1-18-9(14)5-12-11(17)13-6-2-3-8(13)7(4-6)10(15)16/h6-8H,2-5H2,1H3,(H,12,17)(H,15,16). The van der Waals surface area contributed by atoms with Crippen molar-refractivity contribution < 1.29 is 24.2 Å². The molecule has 18 heavy (non-hydrogen) atoms. The van der Waals surface area contributed by atoms with Gasteiger partial charge in [0, 0.05) is 12.1 Å². The van der Waals surface area contributed by atoms with Crippen LogP contribution < -0.4 is 5.32 Å². The van der Waals surface area contributed by atoms with Gasteiger partial charge >= 0.3 is 18.0 Å². The van der Waals surface area contributed by atoms with E-state index < -0.39 is 17.9 Å². The lowest BCUT2D eigenvalue weighted by molar-refractivity contribution is -0.142. The van der Waals surface area contributed by atoms with Crippen molar-refractivity contribution in [1.82, 2.24) is 10.2 Å². The van der Waals surface area contributed by atoms with Crippen molar-refractivity contribution >= 4 is 18.0 Å². The first-order valence-corrected chi connectivity index (χ1v) is 5.90. The Morgan fingerprint density at radius 2 is 2.11 bits per heavy atom. The fourth-order valence-corrected chi connectivity index (χ4v) is 2.88. The Morgan fingerprint density at radius 1 is 1.39 bits per heavy atom. The second kappa shape index (κ2) is 4.83. The topological polar surface area (TPSA) is 95.9 Å². The maximum Gasteiger partial charge on any atom is 0.325 e. The Kier molecular flexibility index (Phi) is 3.40. The Balaban J connectivity index is 1.95. The second-order valence-electron chi connectivity index (χ2n) is 4.62. The summed E-state index contributed by atoms with van der Waals surface area (Å²) in [6, 6.07) is -0.643. The second-order valence-corrected chi connectivity index (χ2v) is 4.62. The molecule has 0 saturated carbocycles. The molecule has 0 radical (unpaired) electrons.